The van der Waals surface area contributed by atoms with Crippen molar-refractivity contribution in [3.05, 3.63) is 15.6 Å². The van der Waals surface area contributed by atoms with Crippen LogP contribution in [0.5, 0.6) is 0 Å². The first kappa shape index (κ1) is 21.7. The molecule has 0 atom stereocenters. The SMILES string of the molecule is Cc1nc(CC(C)C)c(C(=O)N2CCC3(CCNC3)CC2)s1.Cl.Cl. The van der Waals surface area contributed by atoms with Crippen LogP contribution in [0.1, 0.15) is 53.5 Å². The van der Waals surface area contributed by atoms with Gasteiger partial charge in [0, 0.05) is 19.6 Å². The van der Waals surface area contributed by atoms with Gasteiger partial charge in [0.2, 0.25) is 0 Å². The average Bonchev–Trinajstić information content (AvgIpc) is 3.06. The molecule has 3 heterocycles. The molecule has 2 aliphatic heterocycles. The first-order chi connectivity index (χ1) is 10.5. The molecule has 2 aliphatic rings. The van der Waals surface area contributed by atoms with Gasteiger partial charge in [-0.3, -0.25) is 4.79 Å². The summed E-state index contributed by atoms with van der Waals surface area (Å²) in [6.45, 7) is 10.4. The van der Waals surface area contributed by atoms with E-state index < -0.39 is 0 Å². The summed E-state index contributed by atoms with van der Waals surface area (Å²) in [5.41, 5.74) is 1.46. The standard InChI is InChI=1S/C17H27N3OS.2ClH/c1-12(2)10-14-15(22-13(3)19-14)16(21)20-8-5-17(6-9-20)4-7-18-11-17;;/h12,18H,4-11H2,1-3H3;2*1H. The fourth-order valence-electron chi connectivity index (χ4n) is 3.71. The van der Waals surface area contributed by atoms with E-state index in [1.165, 1.54) is 6.42 Å². The molecular formula is C17H29Cl2N3OS. The fraction of sp³-hybridized carbons (Fsp3) is 0.765. The molecule has 138 valence electrons. The maximum atomic E-state index is 12.9. The number of halogens is 2. The summed E-state index contributed by atoms with van der Waals surface area (Å²) in [6, 6.07) is 0. The monoisotopic (exact) mass is 393 g/mol. The molecule has 0 aromatic carbocycles. The molecule has 0 bridgehead atoms. The van der Waals surface area contributed by atoms with E-state index in [1.54, 1.807) is 11.3 Å². The third kappa shape index (κ3) is 4.63. The van der Waals surface area contributed by atoms with E-state index in [0.717, 1.165) is 61.0 Å². The Bertz CT molecular complexity index is 546. The smallest absolute Gasteiger partial charge is 0.265 e. The van der Waals surface area contributed by atoms with E-state index in [0.29, 0.717) is 11.3 Å². The van der Waals surface area contributed by atoms with Gasteiger partial charge in [0.05, 0.1) is 10.7 Å². The highest BCUT2D eigenvalue weighted by Crippen LogP contribution is 2.37. The number of piperidine rings is 1. The highest BCUT2D eigenvalue weighted by atomic mass is 35.5. The lowest BCUT2D eigenvalue weighted by Crippen LogP contribution is -2.44. The van der Waals surface area contributed by atoms with Gasteiger partial charge in [-0.15, -0.1) is 36.2 Å². The number of nitrogens with one attached hydrogen (secondary N) is 1. The lowest BCUT2D eigenvalue weighted by atomic mass is 9.78. The Kier molecular flexibility index (Phi) is 7.98. The van der Waals surface area contributed by atoms with Gasteiger partial charge in [-0.1, -0.05) is 13.8 Å². The van der Waals surface area contributed by atoms with Crippen LogP contribution in [-0.2, 0) is 6.42 Å². The second-order valence-corrected chi connectivity index (χ2v) is 8.53. The maximum Gasteiger partial charge on any atom is 0.265 e. The summed E-state index contributed by atoms with van der Waals surface area (Å²) in [5, 5.41) is 4.49. The molecule has 4 nitrogen and oxygen atoms in total. The minimum Gasteiger partial charge on any atom is -0.338 e. The Morgan fingerprint density at radius 1 is 1.29 bits per heavy atom. The number of hydrogen-bond donors (Lipinski definition) is 1. The summed E-state index contributed by atoms with van der Waals surface area (Å²) in [5.74, 6) is 0.740. The number of aryl methyl sites for hydroxylation is 1. The molecule has 1 aromatic rings. The molecule has 0 radical (unpaired) electrons. The van der Waals surface area contributed by atoms with Crippen LogP contribution in [-0.4, -0.2) is 42.0 Å². The number of rotatable bonds is 3. The van der Waals surface area contributed by atoms with Crippen LogP contribution in [0.2, 0.25) is 0 Å². The summed E-state index contributed by atoms with van der Waals surface area (Å²) in [7, 11) is 0. The zero-order valence-electron chi connectivity index (χ0n) is 14.8. The first-order valence-electron chi connectivity index (χ1n) is 8.45. The topological polar surface area (TPSA) is 45.2 Å². The van der Waals surface area contributed by atoms with Gasteiger partial charge < -0.3 is 10.2 Å². The highest BCUT2D eigenvalue weighted by molar-refractivity contribution is 7.13. The van der Waals surface area contributed by atoms with E-state index in [9.17, 15) is 4.79 Å². The number of nitrogens with zero attached hydrogens (tertiary/aromatic N) is 2. The van der Waals surface area contributed by atoms with Crippen LogP contribution in [0.25, 0.3) is 0 Å². The van der Waals surface area contributed by atoms with Crippen LogP contribution >= 0.6 is 36.2 Å². The summed E-state index contributed by atoms with van der Waals surface area (Å²) in [6.07, 6.45) is 4.45. The van der Waals surface area contributed by atoms with E-state index in [4.69, 9.17) is 0 Å². The van der Waals surface area contributed by atoms with Crippen molar-refractivity contribution in [2.45, 2.75) is 46.5 Å². The summed E-state index contributed by atoms with van der Waals surface area (Å²) in [4.78, 5) is 20.4. The second kappa shape index (κ2) is 8.84. The Balaban J connectivity index is 0.00000144. The second-order valence-electron chi connectivity index (χ2n) is 7.33. The predicted octanol–water partition coefficient (Wildman–Crippen LogP) is 3.71. The first-order valence-corrected chi connectivity index (χ1v) is 9.27. The third-order valence-corrected chi connectivity index (χ3v) is 6.04. The van der Waals surface area contributed by atoms with Gasteiger partial charge in [0.15, 0.2) is 0 Å². The highest BCUT2D eigenvalue weighted by Gasteiger charge is 2.38. The third-order valence-electron chi connectivity index (χ3n) is 5.04. The van der Waals surface area contributed by atoms with E-state index in [-0.39, 0.29) is 30.7 Å². The number of hydrogen-bond acceptors (Lipinski definition) is 4. The average molecular weight is 394 g/mol. The molecular weight excluding hydrogens is 365 g/mol. The molecule has 3 rings (SSSR count). The quantitative estimate of drug-likeness (QED) is 0.850. The fourth-order valence-corrected chi connectivity index (χ4v) is 4.63. The molecule has 1 aromatic heterocycles. The van der Waals surface area contributed by atoms with Crippen molar-refractivity contribution in [2.75, 3.05) is 26.2 Å². The Labute approximate surface area is 161 Å². The van der Waals surface area contributed by atoms with Crippen molar-refractivity contribution < 1.29 is 4.79 Å². The minimum absolute atomic E-state index is 0. The van der Waals surface area contributed by atoms with E-state index in [1.807, 2.05) is 6.92 Å². The molecule has 1 spiro atoms. The number of thiazole rings is 1. The maximum absolute atomic E-state index is 12.9. The summed E-state index contributed by atoms with van der Waals surface area (Å²) < 4.78 is 0. The van der Waals surface area contributed by atoms with Crippen molar-refractivity contribution in [3.8, 4) is 0 Å². The summed E-state index contributed by atoms with van der Waals surface area (Å²) >= 11 is 1.57. The van der Waals surface area contributed by atoms with Gasteiger partial charge in [-0.05, 0) is 50.5 Å². The van der Waals surface area contributed by atoms with Gasteiger partial charge in [0.25, 0.3) is 5.91 Å². The number of carbonyl (C=O) groups is 1. The zero-order chi connectivity index (χ0) is 15.7. The molecule has 1 amide bonds. The number of aromatic nitrogens is 1. The minimum atomic E-state index is 0. The molecule has 1 N–H and O–H groups in total. The van der Waals surface area contributed by atoms with Crippen LogP contribution < -0.4 is 5.32 Å². The van der Waals surface area contributed by atoms with Gasteiger partial charge in [-0.25, -0.2) is 4.98 Å². The van der Waals surface area contributed by atoms with Crippen molar-refractivity contribution in [2.24, 2.45) is 11.3 Å². The van der Waals surface area contributed by atoms with Crippen molar-refractivity contribution in [3.63, 3.8) is 0 Å². The van der Waals surface area contributed by atoms with Crippen LogP contribution in [0.4, 0.5) is 0 Å². The lowest BCUT2D eigenvalue weighted by Gasteiger charge is -2.38. The number of amides is 1. The molecule has 2 saturated heterocycles. The molecule has 24 heavy (non-hydrogen) atoms. The Morgan fingerprint density at radius 3 is 2.50 bits per heavy atom. The largest absolute Gasteiger partial charge is 0.338 e. The van der Waals surface area contributed by atoms with Crippen molar-refractivity contribution in [1.82, 2.24) is 15.2 Å². The van der Waals surface area contributed by atoms with Gasteiger partial charge >= 0.3 is 0 Å². The van der Waals surface area contributed by atoms with Crippen LogP contribution in [0.15, 0.2) is 0 Å². The van der Waals surface area contributed by atoms with Gasteiger partial charge in [0.1, 0.15) is 4.88 Å². The van der Waals surface area contributed by atoms with Gasteiger partial charge in [-0.2, -0.15) is 0 Å². The molecule has 7 heteroatoms. The van der Waals surface area contributed by atoms with E-state index >= 15 is 0 Å². The Morgan fingerprint density at radius 2 is 1.96 bits per heavy atom. The molecule has 2 fully saturated rings. The molecule has 0 saturated carbocycles. The Hall–Kier alpha value is -0.360. The number of likely N-dealkylation sites (tertiary alicyclic amines) is 1. The van der Waals surface area contributed by atoms with Crippen molar-refractivity contribution in [1.29, 1.82) is 0 Å². The predicted molar refractivity (Wildman–Crippen MR) is 105 cm³/mol. The zero-order valence-corrected chi connectivity index (χ0v) is 17.2. The normalized spacial score (nSPS) is 19.2. The van der Waals surface area contributed by atoms with Crippen LogP contribution in [0, 0.1) is 18.3 Å². The lowest BCUT2D eigenvalue weighted by molar-refractivity contribution is 0.0611. The number of carbonyl (C=O) groups excluding carboxylic acids is 1. The van der Waals surface area contributed by atoms with Crippen LogP contribution in [0.3, 0.4) is 0 Å². The molecule has 0 unspecified atom stereocenters. The van der Waals surface area contributed by atoms with Crippen molar-refractivity contribution >= 4 is 42.1 Å². The molecule has 0 aliphatic carbocycles. The van der Waals surface area contributed by atoms with E-state index in [2.05, 4.69) is 29.0 Å².